The van der Waals surface area contributed by atoms with Crippen molar-refractivity contribution in [3.8, 4) is 5.75 Å². The highest BCUT2D eigenvalue weighted by molar-refractivity contribution is 14.0. The molecule has 1 saturated heterocycles. The van der Waals surface area contributed by atoms with E-state index in [1.807, 2.05) is 24.4 Å². The molecule has 0 unspecified atom stereocenters. The molecule has 0 bridgehead atoms. The van der Waals surface area contributed by atoms with Crippen molar-refractivity contribution in [3.05, 3.63) is 53.7 Å². The molecule has 0 amide bonds. The molecule has 3 rings (SSSR count). The largest absolute Gasteiger partial charge is 0.497 e. The van der Waals surface area contributed by atoms with Crippen LogP contribution in [0.2, 0.25) is 0 Å². The van der Waals surface area contributed by atoms with E-state index < -0.39 is 0 Å². The van der Waals surface area contributed by atoms with Crippen molar-refractivity contribution in [2.24, 2.45) is 4.99 Å². The molecule has 6 nitrogen and oxygen atoms in total. The second kappa shape index (κ2) is 11.7. The Balaban J connectivity index is 0.00000280. The Labute approximate surface area is 184 Å². The van der Waals surface area contributed by atoms with Gasteiger partial charge in [0.1, 0.15) is 11.6 Å². The Bertz CT molecular complexity index is 745. The lowest BCUT2D eigenvalue weighted by Crippen LogP contribution is -2.36. The number of methoxy groups -OCH3 is 1. The lowest BCUT2D eigenvalue weighted by Gasteiger charge is -2.16. The van der Waals surface area contributed by atoms with Crippen LogP contribution < -0.4 is 20.3 Å². The summed E-state index contributed by atoms with van der Waals surface area (Å²) in [6.45, 7) is 6.44. The monoisotopic (exact) mass is 495 g/mol. The van der Waals surface area contributed by atoms with E-state index >= 15 is 0 Å². The quantitative estimate of drug-likeness (QED) is 0.350. The van der Waals surface area contributed by atoms with Crippen LogP contribution in [0.3, 0.4) is 0 Å². The molecule has 7 heteroatoms. The van der Waals surface area contributed by atoms with E-state index in [1.54, 1.807) is 7.11 Å². The average molecular weight is 495 g/mol. The fourth-order valence-electron chi connectivity index (χ4n) is 3.12. The summed E-state index contributed by atoms with van der Waals surface area (Å²) in [6, 6.07) is 12.2. The summed E-state index contributed by atoms with van der Waals surface area (Å²) >= 11 is 0. The number of guanidine groups is 1. The normalized spacial score (nSPS) is 13.8. The van der Waals surface area contributed by atoms with Crippen LogP contribution >= 0.6 is 24.0 Å². The van der Waals surface area contributed by atoms with Crippen molar-refractivity contribution < 1.29 is 4.74 Å². The average Bonchev–Trinajstić information content (AvgIpc) is 3.26. The summed E-state index contributed by atoms with van der Waals surface area (Å²) in [6.07, 6.45) is 4.39. The summed E-state index contributed by atoms with van der Waals surface area (Å²) in [5.74, 6) is 2.75. The van der Waals surface area contributed by atoms with Crippen molar-refractivity contribution >= 4 is 35.8 Å². The first-order valence-corrected chi connectivity index (χ1v) is 9.63. The van der Waals surface area contributed by atoms with Crippen LogP contribution in [0, 0.1) is 0 Å². The molecular formula is C21H30IN5O. The number of nitrogens with zero attached hydrogens (tertiary/aromatic N) is 3. The van der Waals surface area contributed by atoms with Gasteiger partial charge in [-0.05, 0) is 55.2 Å². The molecular weight excluding hydrogens is 465 g/mol. The van der Waals surface area contributed by atoms with E-state index in [2.05, 4.69) is 45.6 Å². The van der Waals surface area contributed by atoms with Gasteiger partial charge in [-0.3, -0.25) is 0 Å². The highest BCUT2D eigenvalue weighted by Crippen LogP contribution is 2.18. The molecule has 2 aromatic rings. The molecule has 152 valence electrons. The first kappa shape index (κ1) is 22.3. The van der Waals surface area contributed by atoms with Gasteiger partial charge >= 0.3 is 0 Å². The van der Waals surface area contributed by atoms with E-state index in [9.17, 15) is 0 Å². The number of hydrogen-bond donors (Lipinski definition) is 2. The van der Waals surface area contributed by atoms with Crippen LogP contribution in [0.15, 0.2) is 47.6 Å². The van der Waals surface area contributed by atoms with Gasteiger partial charge in [0.15, 0.2) is 5.96 Å². The van der Waals surface area contributed by atoms with Gasteiger partial charge in [0.05, 0.1) is 13.7 Å². The fraction of sp³-hybridized carbons (Fsp3) is 0.429. The number of aromatic nitrogens is 1. The molecule has 1 fully saturated rings. The fourth-order valence-corrected chi connectivity index (χ4v) is 3.12. The number of hydrogen-bond acceptors (Lipinski definition) is 4. The Morgan fingerprint density at radius 2 is 1.86 bits per heavy atom. The van der Waals surface area contributed by atoms with Gasteiger partial charge in [0.25, 0.3) is 0 Å². The van der Waals surface area contributed by atoms with Crippen LogP contribution in [0.1, 0.15) is 30.9 Å². The van der Waals surface area contributed by atoms with Crippen LogP contribution in [0.4, 0.5) is 5.82 Å². The third-order valence-electron chi connectivity index (χ3n) is 4.62. The first-order valence-electron chi connectivity index (χ1n) is 9.63. The van der Waals surface area contributed by atoms with Crippen molar-refractivity contribution in [1.82, 2.24) is 15.6 Å². The minimum Gasteiger partial charge on any atom is -0.497 e. The van der Waals surface area contributed by atoms with Crippen molar-refractivity contribution in [2.45, 2.75) is 32.9 Å². The standard InChI is InChI=1S/C21H29N5O.HI/c1-3-22-21(24-15-17-6-8-19(27-2)9-7-17)25-16-18-10-11-23-20(14-18)26-12-4-5-13-26;/h6-11,14H,3-5,12-13,15-16H2,1-2H3,(H2,22,24,25);1H. The lowest BCUT2D eigenvalue weighted by atomic mass is 10.2. The SMILES string of the molecule is CCNC(=NCc1ccnc(N2CCCC2)c1)NCc1ccc(OC)cc1.I. The maximum atomic E-state index is 5.20. The van der Waals surface area contributed by atoms with E-state index in [-0.39, 0.29) is 24.0 Å². The predicted molar refractivity (Wildman–Crippen MR) is 126 cm³/mol. The molecule has 1 aromatic heterocycles. The van der Waals surface area contributed by atoms with E-state index in [0.717, 1.165) is 37.2 Å². The van der Waals surface area contributed by atoms with Gasteiger partial charge in [0.2, 0.25) is 0 Å². The summed E-state index contributed by atoms with van der Waals surface area (Å²) in [4.78, 5) is 11.6. The number of ether oxygens (including phenoxy) is 1. The van der Waals surface area contributed by atoms with Crippen molar-refractivity contribution in [1.29, 1.82) is 0 Å². The Kier molecular flexibility index (Phi) is 9.33. The number of halogens is 1. The Hall–Kier alpha value is -2.03. The zero-order valence-electron chi connectivity index (χ0n) is 16.6. The van der Waals surface area contributed by atoms with Gasteiger partial charge in [0, 0.05) is 32.4 Å². The molecule has 1 aliphatic heterocycles. The molecule has 0 atom stereocenters. The van der Waals surface area contributed by atoms with Gasteiger partial charge in [-0.1, -0.05) is 12.1 Å². The zero-order valence-corrected chi connectivity index (χ0v) is 19.0. The number of nitrogens with one attached hydrogen (secondary N) is 2. The number of anilines is 1. The van der Waals surface area contributed by atoms with Crippen molar-refractivity contribution in [3.63, 3.8) is 0 Å². The topological polar surface area (TPSA) is 61.8 Å². The molecule has 1 aromatic carbocycles. The van der Waals surface area contributed by atoms with E-state index in [0.29, 0.717) is 13.1 Å². The maximum absolute atomic E-state index is 5.20. The number of aliphatic imine (C=N–C) groups is 1. The second-order valence-electron chi connectivity index (χ2n) is 6.61. The number of benzene rings is 1. The molecule has 28 heavy (non-hydrogen) atoms. The van der Waals surface area contributed by atoms with Crippen LogP contribution in [0.5, 0.6) is 5.75 Å². The van der Waals surface area contributed by atoms with E-state index in [1.165, 1.54) is 24.0 Å². The van der Waals surface area contributed by atoms with Crippen LogP contribution in [0.25, 0.3) is 0 Å². The molecule has 0 saturated carbocycles. The molecule has 1 aliphatic rings. The smallest absolute Gasteiger partial charge is 0.191 e. The van der Waals surface area contributed by atoms with Crippen LogP contribution in [-0.2, 0) is 13.1 Å². The van der Waals surface area contributed by atoms with E-state index in [4.69, 9.17) is 9.73 Å². The second-order valence-corrected chi connectivity index (χ2v) is 6.61. The first-order chi connectivity index (χ1) is 13.3. The van der Waals surface area contributed by atoms with Gasteiger partial charge in [-0.25, -0.2) is 9.98 Å². The van der Waals surface area contributed by atoms with Crippen molar-refractivity contribution in [2.75, 3.05) is 31.6 Å². The van der Waals surface area contributed by atoms with Crippen LogP contribution in [-0.4, -0.2) is 37.7 Å². The lowest BCUT2D eigenvalue weighted by molar-refractivity contribution is 0.414. The molecule has 2 N–H and O–H groups in total. The molecule has 0 spiro atoms. The summed E-state index contributed by atoms with van der Waals surface area (Å²) in [7, 11) is 1.68. The van der Waals surface area contributed by atoms with Gasteiger partial charge in [-0.15, -0.1) is 24.0 Å². The number of rotatable bonds is 7. The predicted octanol–water partition coefficient (Wildman–Crippen LogP) is 3.56. The summed E-state index contributed by atoms with van der Waals surface area (Å²) < 4.78 is 5.20. The molecule has 2 heterocycles. The summed E-state index contributed by atoms with van der Waals surface area (Å²) in [5, 5.41) is 6.69. The Morgan fingerprint density at radius 3 is 2.54 bits per heavy atom. The minimum absolute atomic E-state index is 0. The molecule has 0 radical (unpaired) electrons. The Morgan fingerprint density at radius 1 is 1.11 bits per heavy atom. The third-order valence-corrected chi connectivity index (χ3v) is 4.62. The number of pyridine rings is 1. The minimum atomic E-state index is 0. The molecule has 0 aliphatic carbocycles. The highest BCUT2D eigenvalue weighted by Gasteiger charge is 2.13. The summed E-state index contributed by atoms with van der Waals surface area (Å²) in [5.41, 5.74) is 2.36. The van der Waals surface area contributed by atoms with Gasteiger partial charge < -0.3 is 20.3 Å². The maximum Gasteiger partial charge on any atom is 0.191 e. The third kappa shape index (κ3) is 6.54. The zero-order chi connectivity index (χ0) is 18.9. The van der Waals surface area contributed by atoms with Gasteiger partial charge in [-0.2, -0.15) is 0 Å². The highest BCUT2D eigenvalue weighted by atomic mass is 127.